The van der Waals surface area contributed by atoms with Gasteiger partial charge in [-0.15, -0.1) is 0 Å². The predicted molar refractivity (Wildman–Crippen MR) is 92.9 cm³/mol. The number of thioether (sulfide) groups is 1. The minimum absolute atomic E-state index is 0.0182. The summed E-state index contributed by atoms with van der Waals surface area (Å²) in [6, 6.07) is 11.8. The Labute approximate surface area is 134 Å². The fourth-order valence-electron chi connectivity index (χ4n) is 2.68. The summed E-state index contributed by atoms with van der Waals surface area (Å²) in [7, 11) is 0. The van der Waals surface area contributed by atoms with Crippen molar-refractivity contribution in [2.45, 2.75) is 6.42 Å². The molecule has 114 valence electrons. The number of nitrogens with zero attached hydrogens (tertiary/aromatic N) is 2. The van der Waals surface area contributed by atoms with E-state index in [0.29, 0.717) is 11.4 Å². The van der Waals surface area contributed by atoms with Gasteiger partial charge in [0.1, 0.15) is 5.82 Å². The third kappa shape index (κ3) is 2.95. The zero-order valence-electron chi connectivity index (χ0n) is 12.6. The number of nitrogens with one attached hydrogen (secondary N) is 1. The first-order valence-corrected chi connectivity index (χ1v) is 8.78. The molecule has 5 heteroatoms. The van der Waals surface area contributed by atoms with Gasteiger partial charge in [0.05, 0.1) is 5.56 Å². The van der Waals surface area contributed by atoms with Crippen LogP contribution in [0.2, 0.25) is 0 Å². The van der Waals surface area contributed by atoms with E-state index in [2.05, 4.69) is 22.6 Å². The topological polar surface area (TPSA) is 45.2 Å². The maximum absolute atomic E-state index is 12.9. The summed E-state index contributed by atoms with van der Waals surface area (Å²) in [5, 5.41) is 3.26. The molecule has 2 aromatic rings. The van der Waals surface area contributed by atoms with Crippen LogP contribution in [0.15, 0.2) is 42.6 Å². The highest BCUT2D eigenvalue weighted by molar-refractivity contribution is 7.98. The predicted octanol–water partition coefficient (Wildman–Crippen LogP) is 3.06. The van der Waals surface area contributed by atoms with E-state index in [-0.39, 0.29) is 5.91 Å². The van der Waals surface area contributed by atoms with Crippen molar-refractivity contribution >= 4 is 29.2 Å². The summed E-state index contributed by atoms with van der Waals surface area (Å²) >= 11 is 1.77. The molecular formula is C17H19N3OS. The summed E-state index contributed by atoms with van der Waals surface area (Å²) in [6.07, 6.45) is 4.70. The Morgan fingerprint density at radius 2 is 2.18 bits per heavy atom. The summed E-state index contributed by atoms with van der Waals surface area (Å²) in [6.45, 7) is 1.53. The fraction of sp³-hybridized carbons (Fsp3) is 0.294. The van der Waals surface area contributed by atoms with Crippen molar-refractivity contribution in [3.05, 3.63) is 53.7 Å². The number of hydrogen-bond acceptors (Lipinski definition) is 4. The lowest BCUT2D eigenvalue weighted by Crippen LogP contribution is -2.30. The second-order valence-corrected chi connectivity index (χ2v) is 6.14. The monoisotopic (exact) mass is 313 g/mol. The molecule has 1 N–H and O–H groups in total. The van der Waals surface area contributed by atoms with Gasteiger partial charge in [0, 0.05) is 30.7 Å². The lowest BCUT2D eigenvalue weighted by atomic mass is 10.1. The molecule has 1 aromatic carbocycles. The minimum atomic E-state index is 0.0182. The van der Waals surface area contributed by atoms with Gasteiger partial charge in [-0.05, 0) is 36.4 Å². The molecular weight excluding hydrogens is 294 g/mol. The molecule has 1 aliphatic heterocycles. The van der Waals surface area contributed by atoms with Crippen molar-refractivity contribution in [3.8, 4) is 0 Å². The molecule has 0 fully saturated rings. The van der Waals surface area contributed by atoms with E-state index >= 15 is 0 Å². The number of anilines is 2. The van der Waals surface area contributed by atoms with Crippen molar-refractivity contribution in [2.75, 3.05) is 35.3 Å². The maximum Gasteiger partial charge on any atom is 0.262 e. The average Bonchev–Trinajstić information content (AvgIpc) is 2.99. The third-order valence-electron chi connectivity index (χ3n) is 3.77. The van der Waals surface area contributed by atoms with Crippen LogP contribution in [-0.4, -0.2) is 36.0 Å². The first kappa shape index (κ1) is 14.9. The van der Waals surface area contributed by atoms with Crippen LogP contribution in [0.5, 0.6) is 0 Å². The Kier molecular flexibility index (Phi) is 4.63. The number of carbonyl (C=O) groups is 1. The fourth-order valence-corrected chi connectivity index (χ4v) is 2.99. The number of para-hydroxylation sites is 1. The molecule has 1 aromatic heterocycles. The maximum atomic E-state index is 12.9. The molecule has 0 radical (unpaired) electrons. The standard InChI is InChI=1S/C17H19N3OS/c1-22-12-10-19-16-14(6-4-9-18-16)17(21)20-11-8-13-5-2-3-7-15(13)20/h2-7,9H,8,10-12H2,1H3,(H,18,19). The molecule has 0 bridgehead atoms. The van der Waals surface area contributed by atoms with E-state index < -0.39 is 0 Å². The Balaban J connectivity index is 1.84. The van der Waals surface area contributed by atoms with Gasteiger partial charge in [0.25, 0.3) is 5.91 Å². The number of pyridine rings is 1. The third-order valence-corrected chi connectivity index (χ3v) is 4.38. The number of aromatic nitrogens is 1. The second-order valence-electron chi connectivity index (χ2n) is 5.15. The molecule has 0 saturated heterocycles. The van der Waals surface area contributed by atoms with Gasteiger partial charge < -0.3 is 10.2 Å². The smallest absolute Gasteiger partial charge is 0.262 e. The van der Waals surface area contributed by atoms with Gasteiger partial charge in [0.2, 0.25) is 0 Å². The summed E-state index contributed by atoms with van der Waals surface area (Å²) in [5.41, 5.74) is 2.89. The number of rotatable bonds is 5. The van der Waals surface area contributed by atoms with Gasteiger partial charge in [-0.3, -0.25) is 4.79 Å². The summed E-state index contributed by atoms with van der Waals surface area (Å²) < 4.78 is 0. The van der Waals surface area contributed by atoms with Crippen LogP contribution in [0.25, 0.3) is 0 Å². The van der Waals surface area contributed by atoms with Crippen LogP contribution in [-0.2, 0) is 6.42 Å². The van der Waals surface area contributed by atoms with Crippen LogP contribution in [0.3, 0.4) is 0 Å². The van der Waals surface area contributed by atoms with Gasteiger partial charge in [-0.1, -0.05) is 18.2 Å². The molecule has 2 heterocycles. The lowest BCUT2D eigenvalue weighted by molar-refractivity contribution is 0.0990. The van der Waals surface area contributed by atoms with Crippen molar-refractivity contribution < 1.29 is 4.79 Å². The lowest BCUT2D eigenvalue weighted by Gasteiger charge is -2.19. The normalized spacial score (nSPS) is 13.0. The van der Waals surface area contributed by atoms with Crippen LogP contribution >= 0.6 is 11.8 Å². The molecule has 0 atom stereocenters. The zero-order valence-corrected chi connectivity index (χ0v) is 13.4. The highest BCUT2D eigenvalue weighted by Crippen LogP contribution is 2.29. The van der Waals surface area contributed by atoms with Gasteiger partial charge >= 0.3 is 0 Å². The molecule has 0 aliphatic carbocycles. The van der Waals surface area contributed by atoms with E-state index in [4.69, 9.17) is 0 Å². The highest BCUT2D eigenvalue weighted by atomic mass is 32.2. The second kappa shape index (κ2) is 6.83. The van der Waals surface area contributed by atoms with Gasteiger partial charge in [0.15, 0.2) is 0 Å². The van der Waals surface area contributed by atoms with Crippen LogP contribution in [0, 0.1) is 0 Å². The first-order valence-electron chi connectivity index (χ1n) is 7.39. The van der Waals surface area contributed by atoms with Crippen molar-refractivity contribution in [1.82, 2.24) is 4.98 Å². The van der Waals surface area contributed by atoms with E-state index in [9.17, 15) is 4.79 Å². The number of carbonyl (C=O) groups excluding carboxylic acids is 1. The number of fused-ring (bicyclic) bond motifs is 1. The summed E-state index contributed by atoms with van der Waals surface area (Å²) in [5.74, 6) is 1.67. The van der Waals surface area contributed by atoms with Crippen LogP contribution in [0.4, 0.5) is 11.5 Å². The molecule has 3 rings (SSSR count). The number of hydrogen-bond donors (Lipinski definition) is 1. The quantitative estimate of drug-likeness (QED) is 0.862. The highest BCUT2D eigenvalue weighted by Gasteiger charge is 2.26. The number of benzene rings is 1. The van der Waals surface area contributed by atoms with E-state index in [0.717, 1.165) is 31.0 Å². The summed E-state index contributed by atoms with van der Waals surface area (Å²) in [4.78, 5) is 19.1. The molecule has 0 spiro atoms. The zero-order chi connectivity index (χ0) is 15.4. The largest absolute Gasteiger partial charge is 0.369 e. The molecule has 1 aliphatic rings. The Bertz CT molecular complexity index is 674. The van der Waals surface area contributed by atoms with E-state index in [1.807, 2.05) is 35.2 Å². The van der Waals surface area contributed by atoms with E-state index in [1.54, 1.807) is 18.0 Å². The molecule has 22 heavy (non-hydrogen) atoms. The average molecular weight is 313 g/mol. The van der Waals surface area contributed by atoms with Gasteiger partial charge in [-0.25, -0.2) is 4.98 Å². The van der Waals surface area contributed by atoms with Crippen molar-refractivity contribution in [2.24, 2.45) is 0 Å². The minimum Gasteiger partial charge on any atom is -0.369 e. The number of amides is 1. The van der Waals surface area contributed by atoms with Gasteiger partial charge in [-0.2, -0.15) is 11.8 Å². The molecule has 0 saturated carbocycles. The van der Waals surface area contributed by atoms with E-state index in [1.165, 1.54) is 5.56 Å². The van der Waals surface area contributed by atoms with Crippen molar-refractivity contribution in [3.63, 3.8) is 0 Å². The SMILES string of the molecule is CSCCNc1ncccc1C(=O)N1CCc2ccccc21. The van der Waals surface area contributed by atoms with Crippen molar-refractivity contribution in [1.29, 1.82) is 0 Å². The van der Waals surface area contributed by atoms with Crippen LogP contribution < -0.4 is 10.2 Å². The molecule has 4 nitrogen and oxygen atoms in total. The first-order chi connectivity index (χ1) is 10.8. The molecule has 1 amide bonds. The van der Waals surface area contributed by atoms with Crippen LogP contribution in [0.1, 0.15) is 15.9 Å². The Morgan fingerprint density at radius 3 is 3.05 bits per heavy atom. The molecule has 0 unspecified atom stereocenters. The Hall–Kier alpha value is -2.01. The Morgan fingerprint density at radius 1 is 1.32 bits per heavy atom.